The van der Waals surface area contributed by atoms with Crippen LogP contribution >= 0.6 is 0 Å². The molecule has 0 aliphatic heterocycles. The molecule has 0 spiro atoms. The summed E-state index contributed by atoms with van der Waals surface area (Å²) in [6, 6.07) is 13.1. The lowest BCUT2D eigenvalue weighted by molar-refractivity contribution is -0.710. The van der Waals surface area contributed by atoms with Gasteiger partial charge in [-0.1, -0.05) is 42.5 Å². The minimum atomic E-state index is -0.821. The molecule has 0 aromatic heterocycles. The van der Waals surface area contributed by atoms with Crippen molar-refractivity contribution in [1.82, 2.24) is 5.32 Å². The minimum Gasteiger partial charge on any atom is -0.351 e. The first-order valence-corrected chi connectivity index (χ1v) is 6.92. The number of hydrogen-bond acceptors (Lipinski definition) is 2. The van der Waals surface area contributed by atoms with E-state index in [9.17, 15) is 9.59 Å². The Morgan fingerprint density at radius 2 is 1.76 bits per heavy atom. The van der Waals surface area contributed by atoms with Gasteiger partial charge in [0.05, 0.1) is 0 Å². The molecule has 0 fully saturated rings. The molecule has 5 heteroatoms. The van der Waals surface area contributed by atoms with Crippen molar-refractivity contribution < 1.29 is 14.9 Å². The molecule has 2 aromatic rings. The Balaban J connectivity index is 2.17. The molecular formula is C16H20N3O2+. The van der Waals surface area contributed by atoms with Crippen LogP contribution in [0.5, 0.6) is 0 Å². The average Bonchev–Trinajstić information content (AvgIpc) is 2.45. The van der Waals surface area contributed by atoms with E-state index >= 15 is 0 Å². The molecule has 0 aliphatic carbocycles. The second kappa shape index (κ2) is 6.37. The van der Waals surface area contributed by atoms with Gasteiger partial charge >= 0.3 is 6.03 Å². The van der Waals surface area contributed by atoms with Crippen LogP contribution < -0.4 is 16.4 Å². The summed E-state index contributed by atoms with van der Waals surface area (Å²) < 4.78 is 0. The quantitative estimate of drug-likeness (QED) is 0.784. The minimum absolute atomic E-state index is 0.0877. The van der Waals surface area contributed by atoms with Gasteiger partial charge in [-0.15, -0.1) is 0 Å². The monoisotopic (exact) mass is 286 g/mol. The van der Waals surface area contributed by atoms with Crippen LogP contribution in [0, 0.1) is 0 Å². The van der Waals surface area contributed by atoms with Crippen LogP contribution in [0.15, 0.2) is 42.5 Å². The number of nitrogens with two attached hydrogens (primary N) is 2. The molecule has 2 rings (SSSR count). The Hall–Kier alpha value is -2.40. The fourth-order valence-electron chi connectivity index (χ4n) is 2.51. The lowest BCUT2D eigenvalue weighted by Gasteiger charge is -2.17. The number of benzene rings is 2. The van der Waals surface area contributed by atoms with E-state index in [-0.39, 0.29) is 11.9 Å². The standard InChI is InChI=1S/C16H19N3O2/c1-10(18-11(2)15(20)19-16(17)21)13-9-5-7-12-6-3-4-8-14(12)13/h3-11,18H,1-2H3,(H3,17,19,20,21)/p+1/t10-,11-/m0/s1. The number of quaternary nitrogens is 1. The van der Waals surface area contributed by atoms with Gasteiger partial charge in [-0.25, -0.2) is 4.79 Å². The summed E-state index contributed by atoms with van der Waals surface area (Å²) in [7, 11) is 0. The molecule has 110 valence electrons. The first-order valence-electron chi connectivity index (χ1n) is 6.92. The predicted octanol–water partition coefficient (Wildman–Crippen LogP) is 1.05. The Labute approximate surface area is 123 Å². The maximum atomic E-state index is 11.7. The van der Waals surface area contributed by atoms with Gasteiger partial charge in [0, 0.05) is 5.56 Å². The highest BCUT2D eigenvalue weighted by Crippen LogP contribution is 2.22. The second-order valence-electron chi connectivity index (χ2n) is 5.19. The molecule has 2 atom stereocenters. The number of hydrogen-bond donors (Lipinski definition) is 3. The topological polar surface area (TPSA) is 88.8 Å². The zero-order chi connectivity index (χ0) is 15.4. The van der Waals surface area contributed by atoms with Crippen molar-refractivity contribution in [2.24, 2.45) is 5.73 Å². The molecule has 0 aliphatic rings. The van der Waals surface area contributed by atoms with E-state index in [1.807, 2.05) is 30.4 Å². The van der Waals surface area contributed by atoms with Crippen molar-refractivity contribution in [1.29, 1.82) is 0 Å². The Morgan fingerprint density at radius 3 is 2.48 bits per heavy atom. The highest BCUT2D eigenvalue weighted by Gasteiger charge is 2.22. The number of fused-ring (bicyclic) bond motifs is 1. The lowest BCUT2D eigenvalue weighted by Crippen LogP contribution is -2.92. The first-order chi connectivity index (χ1) is 9.99. The van der Waals surface area contributed by atoms with Gasteiger partial charge in [0.15, 0.2) is 6.04 Å². The van der Waals surface area contributed by atoms with Gasteiger partial charge in [0.25, 0.3) is 5.91 Å². The fourth-order valence-corrected chi connectivity index (χ4v) is 2.51. The van der Waals surface area contributed by atoms with E-state index in [0.29, 0.717) is 0 Å². The summed E-state index contributed by atoms with van der Waals surface area (Å²) in [4.78, 5) is 22.5. The number of imide groups is 1. The Bertz CT molecular complexity index is 664. The van der Waals surface area contributed by atoms with Crippen LogP contribution in [-0.4, -0.2) is 18.0 Å². The number of carbonyl (C=O) groups excluding carboxylic acids is 2. The number of primary amides is 1. The molecule has 21 heavy (non-hydrogen) atoms. The third-order valence-corrected chi connectivity index (χ3v) is 3.55. The third-order valence-electron chi connectivity index (χ3n) is 3.55. The molecular weight excluding hydrogens is 266 g/mol. The van der Waals surface area contributed by atoms with Crippen LogP contribution in [-0.2, 0) is 4.79 Å². The number of nitrogens with one attached hydrogen (secondary N) is 1. The van der Waals surface area contributed by atoms with Crippen LogP contribution in [0.25, 0.3) is 10.8 Å². The van der Waals surface area contributed by atoms with Crippen molar-refractivity contribution in [3.8, 4) is 0 Å². The second-order valence-corrected chi connectivity index (χ2v) is 5.19. The maximum Gasteiger partial charge on any atom is 0.319 e. The normalized spacial score (nSPS) is 13.6. The molecule has 0 heterocycles. The number of amides is 3. The fraction of sp³-hybridized carbons (Fsp3) is 0.250. The molecule has 0 unspecified atom stereocenters. The average molecular weight is 286 g/mol. The molecule has 0 bridgehead atoms. The SMILES string of the molecule is C[C@H]([NH2+][C@@H](C)c1cccc2ccccc12)C(=O)NC(N)=O. The summed E-state index contributed by atoms with van der Waals surface area (Å²) in [6.45, 7) is 3.79. The van der Waals surface area contributed by atoms with Crippen molar-refractivity contribution in [2.45, 2.75) is 25.9 Å². The molecule has 0 saturated carbocycles. The summed E-state index contributed by atoms with van der Waals surface area (Å²) in [6.07, 6.45) is 0. The van der Waals surface area contributed by atoms with Crippen LogP contribution in [0.4, 0.5) is 4.79 Å². The van der Waals surface area contributed by atoms with Crippen molar-refractivity contribution in [3.63, 3.8) is 0 Å². The number of carbonyl (C=O) groups is 2. The summed E-state index contributed by atoms with van der Waals surface area (Å²) in [5.41, 5.74) is 6.12. The summed E-state index contributed by atoms with van der Waals surface area (Å²) in [5, 5.41) is 6.37. The van der Waals surface area contributed by atoms with Gasteiger partial charge < -0.3 is 11.1 Å². The number of urea groups is 1. The predicted molar refractivity (Wildman–Crippen MR) is 81.5 cm³/mol. The van der Waals surface area contributed by atoms with E-state index in [1.54, 1.807) is 6.92 Å². The van der Waals surface area contributed by atoms with Gasteiger partial charge in [-0.05, 0) is 24.6 Å². The molecule has 5 nitrogen and oxygen atoms in total. The van der Waals surface area contributed by atoms with Crippen LogP contribution in [0.1, 0.15) is 25.5 Å². The van der Waals surface area contributed by atoms with E-state index in [4.69, 9.17) is 5.73 Å². The molecule has 2 aromatic carbocycles. The van der Waals surface area contributed by atoms with Crippen LogP contribution in [0.3, 0.4) is 0 Å². The van der Waals surface area contributed by atoms with E-state index < -0.39 is 12.1 Å². The number of rotatable bonds is 4. The van der Waals surface area contributed by atoms with Crippen LogP contribution in [0.2, 0.25) is 0 Å². The Kier molecular flexibility index (Phi) is 4.55. The highest BCUT2D eigenvalue weighted by molar-refractivity contribution is 5.95. The molecule has 5 N–H and O–H groups in total. The van der Waals surface area contributed by atoms with Crippen molar-refractivity contribution in [2.75, 3.05) is 0 Å². The van der Waals surface area contributed by atoms with Crippen molar-refractivity contribution in [3.05, 3.63) is 48.0 Å². The summed E-state index contributed by atoms with van der Waals surface area (Å²) >= 11 is 0. The van der Waals surface area contributed by atoms with E-state index in [1.165, 1.54) is 10.8 Å². The zero-order valence-electron chi connectivity index (χ0n) is 12.2. The largest absolute Gasteiger partial charge is 0.351 e. The molecule has 3 amide bonds. The Morgan fingerprint density at radius 1 is 1.10 bits per heavy atom. The van der Waals surface area contributed by atoms with Gasteiger partial charge in [-0.3, -0.25) is 10.1 Å². The van der Waals surface area contributed by atoms with Crippen molar-refractivity contribution >= 4 is 22.7 Å². The lowest BCUT2D eigenvalue weighted by atomic mass is 9.99. The van der Waals surface area contributed by atoms with E-state index in [2.05, 4.69) is 29.6 Å². The van der Waals surface area contributed by atoms with Gasteiger partial charge in [0.1, 0.15) is 6.04 Å². The van der Waals surface area contributed by atoms with Gasteiger partial charge in [-0.2, -0.15) is 0 Å². The summed E-state index contributed by atoms with van der Waals surface area (Å²) in [5.74, 6) is -0.380. The first kappa shape index (κ1) is 15.0. The third kappa shape index (κ3) is 3.58. The highest BCUT2D eigenvalue weighted by atomic mass is 16.2. The molecule has 0 radical (unpaired) electrons. The smallest absolute Gasteiger partial charge is 0.319 e. The van der Waals surface area contributed by atoms with E-state index in [0.717, 1.165) is 5.56 Å². The zero-order valence-corrected chi connectivity index (χ0v) is 12.2. The maximum absolute atomic E-state index is 11.7. The van der Waals surface area contributed by atoms with Gasteiger partial charge in [0.2, 0.25) is 0 Å². The molecule has 0 saturated heterocycles.